The minimum Gasteiger partial charge on any atom is -0.420 e. The Morgan fingerprint density at radius 1 is 1.04 bits per heavy atom. The maximum atomic E-state index is 12.6. The van der Waals surface area contributed by atoms with E-state index in [1.165, 1.54) is 0 Å². The van der Waals surface area contributed by atoms with E-state index in [1.807, 2.05) is 60.7 Å². The number of hydrogen-bond acceptors (Lipinski definition) is 4. The SMILES string of the molecule is CCC(=O)Oc1c(-c2ccccc2)cc(-c2ccc(CN)cc2)[nH]c1=O. The molecule has 0 saturated carbocycles. The first kappa shape index (κ1) is 17.6. The minimum atomic E-state index is -0.451. The van der Waals surface area contributed by atoms with Crippen LogP contribution in [0.1, 0.15) is 18.9 Å². The highest BCUT2D eigenvalue weighted by Crippen LogP contribution is 2.30. The third-order valence-corrected chi connectivity index (χ3v) is 4.08. The van der Waals surface area contributed by atoms with Gasteiger partial charge in [-0.3, -0.25) is 9.59 Å². The van der Waals surface area contributed by atoms with Gasteiger partial charge >= 0.3 is 5.97 Å². The predicted octanol–water partition coefficient (Wildman–Crippen LogP) is 3.48. The fourth-order valence-corrected chi connectivity index (χ4v) is 2.64. The average Bonchev–Trinajstić information content (AvgIpc) is 2.69. The van der Waals surface area contributed by atoms with E-state index in [9.17, 15) is 9.59 Å². The summed E-state index contributed by atoms with van der Waals surface area (Å²) in [5, 5.41) is 0. The Hall–Kier alpha value is -3.18. The first-order valence-electron chi connectivity index (χ1n) is 8.45. The number of nitrogens with two attached hydrogens (primary N) is 1. The first-order chi connectivity index (χ1) is 12.6. The molecule has 26 heavy (non-hydrogen) atoms. The molecule has 5 heteroatoms. The molecule has 0 unspecified atom stereocenters. The standard InChI is InChI=1S/C21H20N2O3/c1-2-19(24)26-20-17(15-6-4-3-5-7-15)12-18(23-21(20)25)16-10-8-14(13-22)9-11-16/h3-12H,2,13,22H2,1H3,(H,23,25). The van der Waals surface area contributed by atoms with Gasteiger partial charge in [0.15, 0.2) is 0 Å². The number of carbonyl (C=O) groups is 1. The summed E-state index contributed by atoms with van der Waals surface area (Å²) in [6.07, 6.45) is 0.190. The van der Waals surface area contributed by atoms with Crippen molar-refractivity contribution >= 4 is 5.97 Å². The number of pyridine rings is 1. The number of carbonyl (C=O) groups excluding carboxylic acids is 1. The minimum absolute atomic E-state index is 0.0189. The van der Waals surface area contributed by atoms with Crippen molar-refractivity contribution in [2.45, 2.75) is 19.9 Å². The van der Waals surface area contributed by atoms with E-state index in [2.05, 4.69) is 4.98 Å². The molecule has 1 heterocycles. The lowest BCUT2D eigenvalue weighted by Crippen LogP contribution is -2.17. The van der Waals surface area contributed by atoms with Crippen LogP contribution in [0.15, 0.2) is 65.5 Å². The van der Waals surface area contributed by atoms with Crippen LogP contribution in [-0.4, -0.2) is 11.0 Å². The second-order valence-corrected chi connectivity index (χ2v) is 5.85. The number of ether oxygens (including phenoxy) is 1. The summed E-state index contributed by atoms with van der Waals surface area (Å²) in [4.78, 5) is 27.2. The maximum Gasteiger partial charge on any atom is 0.311 e. The number of H-pyrrole nitrogens is 1. The molecule has 0 radical (unpaired) electrons. The topological polar surface area (TPSA) is 85.2 Å². The van der Waals surface area contributed by atoms with Gasteiger partial charge in [0, 0.05) is 24.2 Å². The molecule has 0 atom stereocenters. The third-order valence-electron chi connectivity index (χ3n) is 4.08. The molecular weight excluding hydrogens is 328 g/mol. The highest BCUT2D eigenvalue weighted by Gasteiger charge is 2.16. The molecule has 1 aromatic heterocycles. The molecule has 0 aliphatic carbocycles. The van der Waals surface area contributed by atoms with Crippen molar-refractivity contribution in [3.05, 3.63) is 76.6 Å². The van der Waals surface area contributed by atoms with Crippen molar-refractivity contribution in [3.8, 4) is 28.1 Å². The van der Waals surface area contributed by atoms with Gasteiger partial charge in [-0.05, 0) is 22.8 Å². The summed E-state index contributed by atoms with van der Waals surface area (Å²) < 4.78 is 5.31. The van der Waals surface area contributed by atoms with Gasteiger partial charge in [-0.2, -0.15) is 0 Å². The Bertz CT molecular complexity index is 961. The smallest absolute Gasteiger partial charge is 0.311 e. The van der Waals surface area contributed by atoms with E-state index in [1.54, 1.807) is 6.92 Å². The van der Waals surface area contributed by atoms with Crippen molar-refractivity contribution in [1.29, 1.82) is 0 Å². The highest BCUT2D eigenvalue weighted by molar-refractivity contribution is 5.79. The molecule has 132 valence electrons. The van der Waals surface area contributed by atoms with Gasteiger partial charge in [0.1, 0.15) is 0 Å². The van der Waals surface area contributed by atoms with Crippen LogP contribution in [0.3, 0.4) is 0 Å². The normalized spacial score (nSPS) is 10.5. The number of hydrogen-bond donors (Lipinski definition) is 2. The maximum absolute atomic E-state index is 12.6. The summed E-state index contributed by atoms with van der Waals surface area (Å²) >= 11 is 0. The molecule has 3 N–H and O–H groups in total. The van der Waals surface area contributed by atoms with Crippen LogP contribution in [0, 0.1) is 0 Å². The molecule has 3 rings (SSSR count). The summed E-state index contributed by atoms with van der Waals surface area (Å²) in [7, 11) is 0. The molecule has 0 amide bonds. The number of benzene rings is 2. The fraction of sp³-hybridized carbons (Fsp3) is 0.143. The van der Waals surface area contributed by atoms with Crippen LogP contribution in [0.2, 0.25) is 0 Å². The molecule has 0 aliphatic heterocycles. The molecule has 0 bridgehead atoms. The van der Waals surface area contributed by atoms with Gasteiger partial charge in [0.05, 0.1) is 0 Å². The summed E-state index contributed by atoms with van der Waals surface area (Å²) in [5.41, 5.74) is 9.08. The van der Waals surface area contributed by atoms with Gasteiger partial charge in [0.2, 0.25) is 5.75 Å². The molecule has 0 aliphatic rings. The van der Waals surface area contributed by atoms with E-state index in [4.69, 9.17) is 10.5 Å². The monoisotopic (exact) mass is 348 g/mol. The molecule has 5 nitrogen and oxygen atoms in total. The average molecular weight is 348 g/mol. The molecule has 0 saturated heterocycles. The zero-order valence-electron chi connectivity index (χ0n) is 14.5. The van der Waals surface area contributed by atoms with E-state index in [0.29, 0.717) is 17.8 Å². The zero-order chi connectivity index (χ0) is 18.5. The van der Waals surface area contributed by atoms with Crippen LogP contribution in [0.5, 0.6) is 5.75 Å². The van der Waals surface area contributed by atoms with E-state index in [0.717, 1.165) is 16.7 Å². The Kier molecular flexibility index (Phi) is 5.29. The van der Waals surface area contributed by atoms with Crippen molar-refractivity contribution < 1.29 is 9.53 Å². The Morgan fingerprint density at radius 2 is 1.73 bits per heavy atom. The van der Waals surface area contributed by atoms with Crippen LogP contribution < -0.4 is 16.0 Å². The van der Waals surface area contributed by atoms with Gasteiger partial charge in [-0.1, -0.05) is 61.5 Å². The van der Waals surface area contributed by atoms with Gasteiger partial charge in [-0.25, -0.2) is 0 Å². The molecule has 3 aromatic rings. The van der Waals surface area contributed by atoms with E-state index in [-0.39, 0.29) is 12.2 Å². The number of esters is 1. The Labute approximate surface area is 151 Å². The van der Waals surface area contributed by atoms with Gasteiger partial charge in [0.25, 0.3) is 5.56 Å². The van der Waals surface area contributed by atoms with Crippen LogP contribution in [0.4, 0.5) is 0 Å². The number of nitrogens with one attached hydrogen (secondary N) is 1. The lowest BCUT2D eigenvalue weighted by atomic mass is 10.0. The van der Waals surface area contributed by atoms with Crippen molar-refractivity contribution in [3.63, 3.8) is 0 Å². The molecule has 2 aromatic carbocycles. The number of aromatic amines is 1. The lowest BCUT2D eigenvalue weighted by Gasteiger charge is -2.12. The number of aromatic nitrogens is 1. The van der Waals surface area contributed by atoms with E-state index < -0.39 is 11.5 Å². The summed E-state index contributed by atoms with van der Waals surface area (Å²) in [6, 6.07) is 18.9. The Balaban J connectivity index is 2.15. The van der Waals surface area contributed by atoms with E-state index >= 15 is 0 Å². The molecule has 0 spiro atoms. The lowest BCUT2D eigenvalue weighted by molar-refractivity contribution is -0.134. The first-order valence-corrected chi connectivity index (χ1v) is 8.45. The summed E-state index contributed by atoms with van der Waals surface area (Å²) in [5.74, 6) is -0.432. The van der Waals surface area contributed by atoms with Crippen molar-refractivity contribution in [2.75, 3.05) is 0 Å². The molecule has 0 fully saturated rings. The fourth-order valence-electron chi connectivity index (χ4n) is 2.64. The molecular formula is C21H20N2O3. The zero-order valence-corrected chi connectivity index (χ0v) is 14.5. The highest BCUT2D eigenvalue weighted by atomic mass is 16.5. The van der Waals surface area contributed by atoms with Crippen LogP contribution >= 0.6 is 0 Å². The predicted molar refractivity (Wildman–Crippen MR) is 102 cm³/mol. The van der Waals surface area contributed by atoms with Crippen molar-refractivity contribution in [2.24, 2.45) is 5.73 Å². The van der Waals surface area contributed by atoms with Crippen LogP contribution in [0.25, 0.3) is 22.4 Å². The Morgan fingerprint density at radius 3 is 2.35 bits per heavy atom. The van der Waals surface area contributed by atoms with Crippen LogP contribution in [-0.2, 0) is 11.3 Å². The quantitative estimate of drug-likeness (QED) is 0.691. The largest absolute Gasteiger partial charge is 0.420 e. The second kappa shape index (κ2) is 7.80. The van der Waals surface area contributed by atoms with Crippen molar-refractivity contribution in [1.82, 2.24) is 4.98 Å². The summed E-state index contributed by atoms with van der Waals surface area (Å²) in [6.45, 7) is 2.14. The number of rotatable bonds is 5. The van der Waals surface area contributed by atoms with Gasteiger partial charge in [-0.15, -0.1) is 0 Å². The van der Waals surface area contributed by atoms with Gasteiger partial charge < -0.3 is 15.5 Å². The second-order valence-electron chi connectivity index (χ2n) is 5.85. The third kappa shape index (κ3) is 3.73.